The van der Waals surface area contributed by atoms with Gasteiger partial charge in [0.2, 0.25) is 0 Å². The van der Waals surface area contributed by atoms with Crippen molar-refractivity contribution < 1.29 is 5.11 Å². The number of aromatic nitrogens is 2. The van der Waals surface area contributed by atoms with Gasteiger partial charge in [-0.05, 0) is 37.3 Å². The Morgan fingerprint density at radius 2 is 2.39 bits per heavy atom. The summed E-state index contributed by atoms with van der Waals surface area (Å²) in [5.74, 6) is 3.02. The molecule has 2 heterocycles. The van der Waals surface area contributed by atoms with Crippen molar-refractivity contribution in [3.05, 3.63) is 24.0 Å². The molecule has 96 valence electrons. The molecule has 0 saturated carbocycles. The van der Waals surface area contributed by atoms with Crippen LogP contribution in [0.5, 0.6) is 0 Å². The number of rotatable bonds is 2. The average Bonchev–Trinajstić information content (AvgIpc) is 2.92. The molecule has 2 unspecified atom stereocenters. The summed E-state index contributed by atoms with van der Waals surface area (Å²) < 4.78 is 2.19. The molecule has 1 saturated heterocycles. The number of nitrogens with two attached hydrogens (primary N) is 1. The molecule has 0 amide bonds. The van der Waals surface area contributed by atoms with Gasteiger partial charge in [0.05, 0.1) is 11.0 Å². The molecule has 2 atom stereocenters. The Labute approximate surface area is 110 Å². The first-order valence-corrected chi connectivity index (χ1v) is 7.35. The average molecular weight is 263 g/mol. The van der Waals surface area contributed by atoms with Crippen molar-refractivity contribution in [2.24, 2.45) is 0 Å². The van der Waals surface area contributed by atoms with Crippen LogP contribution < -0.4 is 5.73 Å². The number of nitrogens with zero attached hydrogens (tertiary/aromatic N) is 2. The summed E-state index contributed by atoms with van der Waals surface area (Å²) in [5, 5.41) is 9.91. The highest BCUT2D eigenvalue weighted by Gasteiger charge is 2.24. The van der Waals surface area contributed by atoms with Crippen molar-refractivity contribution in [2.45, 2.75) is 25.5 Å². The Kier molecular flexibility index (Phi) is 2.95. The molecule has 5 heteroatoms. The number of aliphatic hydroxyl groups is 1. The lowest BCUT2D eigenvalue weighted by atomic mass is 10.2. The third-order valence-corrected chi connectivity index (χ3v) is 4.53. The highest BCUT2D eigenvalue weighted by molar-refractivity contribution is 7.99. The molecule has 2 aromatic rings. The van der Waals surface area contributed by atoms with Gasteiger partial charge >= 0.3 is 0 Å². The fourth-order valence-electron chi connectivity index (χ4n) is 2.54. The van der Waals surface area contributed by atoms with Gasteiger partial charge in [-0.15, -0.1) is 0 Å². The molecular weight excluding hydrogens is 246 g/mol. The van der Waals surface area contributed by atoms with E-state index in [4.69, 9.17) is 5.73 Å². The first-order valence-electron chi connectivity index (χ1n) is 6.20. The van der Waals surface area contributed by atoms with Crippen LogP contribution in [0.4, 0.5) is 5.69 Å². The Morgan fingerprint density at radius 1 is 1.56 bits per heavy atom. The minimum atomic E-state index is -0.552. The van der Waals surface area contributed by atoms with E-state index in [0.717, 1.165) is 29.0 Å². The van der Waals surface area contributed by atoms with E-state index in [1.807, 2.05) is 30.0 Å². The van der Waals surface area contributed by atoms with E-state index in [9.17, 15) is 5.11 Å². The summed E-state index contributed by atoms with van der Waals surface area (Å²) in [6, 6.07) is 6.22. The van der Waals surface area contributed by atoms with Crippen LogP contribution in [0.25, 0.3) is 11.0 Å². The highest BCUT2D eigenvalue weighted by Crippen LogP contribution is 2.34. The molecule has 3 rings (SSSR count). The molecule has 3 N–H and O–H groups in total. The van der Waals surface area contributed by atoms with Crippen LogP contribution in [0.3, 0.4) is 0 Å². The zero-order valence-corrected chi connectivity index (χ0v) is 11.2. The third-order valence-electron chi connectivity index (χ3n) is 3.39. The van der Waals surface area contributed by atoms with Crippen LogP contribution in [-0.2, 0) is 0 Å². The molecule has 0 radical (unpaired) electrons. The summed E-state index contributed by atoms with van der Waals surface area (Å²) in [4.78, 5) is 4.54. The Bertz CT molecular complexity index is 573. The highest BCUT2D eigenvalue weighted by atomic mass is 32.2. The molecule has 18 heavy (non-hydrogen) atoms. The predicted octanol–water partition coefficient (Wildman–Crippen LogP) is 2.35. The van der Waals surface area contributed by atoms with E-state index >= 15 is 0 Å². The van der Waals surface area contributed by atoms with Crippen molar-refractivity contribution in [1.82, 2.24) is 9.55 Å². The molecule has 0 aliphatic carbocycles. The summed E-state index contributed by atoms with van der Waals surface area (Å²) in [7, 11) is 0. The molecule has 1 aromatic carbocycles. The van der Waals surface area contributed by atoms with Gasteiger partial charge in [-0.3, -0.25) is 0 Å². The van der Waals surface area contributed by atoms with Gasteiger partial charge in [0.25, 0.3) is 0 Å². The largest absolute Gasteiger partial charge is 0.399 e. The second kappa shape index (κ2) is 4.48. The molecule has 4 nitrogen and oxygen atoms in total. The lowest BCUT2D eigenvalue weighted by molar-refractivity contribution is 0.182. The lowest BCUT2D eigenvalue weighted by Gasteiger charge is -2.17. The Hall–Kier alpha value is -1.20. The van der Waals surface area contributed by atoms with Crippen LogP contribution in [0.2, 0.25) is 0 Å². The molecule has 1 aromatic heterocycles. The normalized spacial score (nSPS) is 21.6. The first kappa shape index (κ1) is 11.9. The zero-order valence-electron chi connectivity index (χ0n) is 10.3. The van der Waals surface area contributed by atoms with Crippen LogP contribution in [0, 0.1) is 0 Å². The number of anilines is 1. The zero-order chi connectivity index (χ0) is 12.7. The Morgan fingerprint density at radius 3 is 3.06 bits per heavy atom. The maximum Gasteiger partial charge on any atom is 0.138 e. The molecule has 1 aliphatic rings. The topological polar surface area (TPSA) is 64.1 Å². The van der Waals surface area contributed by atoms with Gasteiger partial charge in [-0.1, -0.05) is 0 Å². The van der Waals surface area contributed by atoms with E-state index in [2.05, 4.69) is 9.55 Å². The quantitative estimate of drug-likeness (QED) is 0.816. The monoisotopic (exact) mass is 263 g/mol. The van der Waals surface area contributed by atoms with Crippen LogP contribution in [0.15, 0.2) is 18.2 Å². The van der Waals surface area contributed by atoms with Crippen LogP contribution in [0.1, 0.15) is 31.3 Å². The van der Waals surface area contributed by atoms with Gasteiger partial charge in [-0.25, -0.2) is 4.98 Å². The maximum atomic E-state index is 9.91. The smallest absolute Gasteiger partial charge is 0.138 e. The summed E-state index contributed by atoms with van der Waals surface area (Å²) in [6.45, 7) is 1.77. The standard InChI is InChI=1S/C13H17N3OS/c1-8(17)13-15-11-6-9(14)2-3-12(11)16(13)10-4-5-18-7-10/h2-3,6,8,10,17H,4-5,7,14H2,1H3. The minimum Gasteiger partial charge on any atom is -0.399 e. The summed E-state index contributed by atoms with van der Waals surface area (Å²) >= 11 is 1.96. The van der Waals surface area contributed by atoms with Crippen LogP contribution >= 0.6 is 11.8 Å². The van der Waals surface area contributed by atoms with Crippen molar-refractivity contribution >= 4 is 28.5 Å². The predicted molar refractivity (Wildman–Crippen MR) is 75.8 cm³/mol. The fourth-order valence-corrected chi connectivity index (χ4v) is 3.73. The minimum absolute atomic E-state index is 0.438. The summed E-state index contributed by atoms with van der Waals surface area (Å²) in [5.41, 5.74) is 8.46. The number of fused-ring (bicyclic) bond motifs is 1. The van der Waals surface area contributed by atoms with Gasteiger partial charge < -0.3 is 15.4 Å². The van der Waals surface area contributed by atoms with Crippen molar-refractivity contribution in [1.29, 1.82) is 0 Å². The van der Waals surface area contributed by atoms with Crippen molar-refractivity contribution in [3.63, 3.8) is 0 Å². The molecule has 0 bridgehead atoms. The summed E-state index contributed by atoms with van der Waals surface area (Å²) in [6.07, 6.45) is 0.587. The number of aliphatic hydroxyl groups excluding tert-OH is 1. The van der Waals surface area contributed by atoms with Crippen LogP contribution in [-0.4, -0.2) is 26.2 Å². The lowest BCUT2D eigenvalue weighted by Crippen LogP contribution is -2.13. The van der Waals surface area contributed by atoms with Crippen molar-refractivity contribution in [2.75, 3.05) is 17.2 Å². The van der Waals surface area contributed by atoms with Gasteiger partial charge in [0.1, 0.15) is 11.9 Å². The first-order chi connectivity index (χ1) is 8.66. The molecule has 1 aliphatic heterocycles. The van der Waals surface area contributed by atoms with Gasteiger partial charge in [-0.2, -0.15) is 11.8 Å². The molecular formula is C13H17N3OS. The van der Waals surface area contributed by atoms with Gasteiger partial charge in [0.15, 0.2) is 0 Å². The second-order valence-electron chi connectivity index (χ2n) is 4.78. The fraction of sp³-hybridized carbons (Fsp3) is 0.462. The molecule has 0 spiro atoms. The number of imidazole rings is 1. The molecule has 1 fully saturated rings. The third kappa shape index (κ3) is 1.87. The number of nitrogen functional groups attached to an aromatic ring is 1. The second-order valence-corrected chi connectivity index (χ2v) is 5.93. The van der Waals surface area contributed by atoms with E-state index in [1.54, 1.807) is 6.92 Å². The number of hydrogen-bond donors (Lipinski definition) is 2. The number of hydrogen-bond acceptors (Lipinski definition) is 4. The maximum absolute atomic E-state index is 9.91. The van der Waals surface area contributed by atoms with Gasteiger partial charge in [0, 0.05) is 17.5 Å². The number of thioether (sulfide) groups is 1. The number of benzene rings is 1. The SMILES string of the molecule is CC(O)c1nc2cc(N)ccc2n1C1CCSC1. The van der Waals surface area contributed by atoms with E-state index in [0.29, 0.717) is 11.7 Å². The van der Waals surface area contributed by atoms with E-state index in [1.165, 1.54) is 5.75 Å². The van der Waals surface area contributed by atoms with E-state index in [-0.39, 0.29) is 0 Å². The van der Waals surface area contributed by atoms with Crippen molar-refractivity contribution in [3.8, 4) is 0 Å². The Balaban J connectivity index is 2.21. The van der Waals surface area contributed by atoms with E-state index < -0.39 is 6.10 Å².